The maximum Gasteiger partial charge on any atom is 0.0900 e. The SMILES string of the molecule is Cc1ccc(C(N)c2sc(C)nc2C)s1. The number of hydrogen-bond donors (Lipinski definition) is 1. The summed E-state index contributed by atoms with van der Waals surface area (Å²) in [7, 11) is 0. The number of thiazole rings is 1. The molecule has 80 valence electrons. The molecule has 0 amide bonds. The Morgan fingerprint density at radius 1 is 1.20 bits per heavy atom. The molecule has 0 aromatic carbocycles. The van der Waals surface area contributed by atoms with E-state index in [2.05, 4.69) is 24.0 Å². The normalized spacial score (nSPS) is 13.1. The van der Waals surface area contributed by atoms with Gasteiger partial charge in [0.1, 0.15) is 0 Å². The molecule has 4 heteroatoms. The van der Waals surface area contributed by atoms with Crippen molar-refractivity contribution < 1.29 is 0 Å². The van der Waals surface area contributed by atoms with Gasteiger partial charge in [-0.3, -0.25) is 0 Å². The zero-order valence-corrected chi connectivity index (χ0v) is 10.7. The average Bonchev–Trinajstić information content (AvgIpc) is 2.71. The Balaban J connectivity index is 2.35. The van der Waals surface area contributed by atoms with Crippen molar-refractivity contribution in [3.63, 3.8) is 0 Å². The first-order valence-corrected chi connectivity index (χ1v) is 6.47. The minimum Gasteiger partial charge on any atom is -0.319 e. The number of aromatic nitrogens is 1. The van der Waals surface area contributed by atoms with Gasteiger partial charge in [0.2, 0.25) is 0 Å². The van der Waals surface area contributed by atoms with Crippen LogP contribution in [-0.2, 0) is 0 Å². The Morgan fingerprint density at radius 3 is 2.40 bits per heavy atom. The summed E-state index contributed by atoms with van der Waals surface area (Å²) in [6.45, 7) is 6.15. The molecule has 0 spiro atoms. The molecule has 0 aliphatic rings. The highest BCUT2D eigenvalue weighted by molar-refractivity contribution is 7.13. The van der Waals surface area contributed by atoms with Crippen LogP contribution in [0, 0.1) is 20.8 Å². The summed E-state index contributed by atoms with van der Waals surface area (Å²) in [5.74, 6) is 0. The molecule has 0 saturated carbocycles. The van der Waals surface area contributed by atoms with Crippen molar-refractivity contribution in [1.29, 1.82) is 0 Å². The molecule has 0 aliphatic carbocycles. The summed E-state index contributed by atoms with van der Waals surface area (Å²) in [6, 6.07) is 4.22. The minimum absolute atomic E-state index is 0.00472. The van der Waals surface area contributed by atoms with Gasteiger partial charge in [0, 0.05) is 14.6 Å². The van der Waals surface area contributed by atoms with Crippen LogP contribution in [-0.4, -0.2) is 4.98 Å². The summed E-state index contributed by atoms with van der Waals surface area (Å²) >= 11 is 3.46. The lowest BCUT2D eigenvalue weighted by Gasteiger charge is -2.07. The van der Waals surface area contributed by atoms with Gasteiger partial charge < -0.3 is 5.73 Å². The molecule has 1 unspecified atom stereocenters. The molecule has 2 nitrogen and oxygen atoms in total. The van der Waals surface area contributed by atoms with Gasteiger partial charge >= 0.3 is 0 Å². The number of thiophene rings is 1. The zero-order chi connectivity index (χ0) is 11.0. The van der Waals surface area contributed by atoms with Gasteiger partial charge in [0.15, 0.2) is 0 Å². The first-order chi connectivity index (χ1) is 7.08. The molecule has 15 heavy (non-hydrogen) atoms. The largest absolute Gasteiger partial charge is 0.319 e. The van der Waals surface area contributed by atoms with Crippen LogP contribution in [0.15, 0.2) is 12.1 Å². The molecular formula is C11H14N2S2. The highest BCUT2D eigenvalue weighted by Crippen LogP contribution is 2.31. The van der Waals surface area contributed by atoms with E-state index in [0.717, 1.165) is 10.7 Å². The lowest BCUT2D eigenvalue weighted by Crippen LogP contribution is -2.09. The monoisotopic (exact) mass is 238 g/mol. The number of rotatable bonds is 2. The Kier molecular flexibility index (Phi) is 2.91. The molecule has 2 aromatic rings. The van der Waals surface area contributed by atoms with Gasteiger partial charge in [-0.2, -0.15) is 0 Å². The van der Waals surface area contributed by atoms with E-state index in [-0.39, 0.29) is 6.04 Å². The van der Waals surface area contributed by atoms with Gasteiger partial charge in [-0.15, -0.1) is 22.7 Å². The Bertz CT molecular complexity index is 471. The van der Waals surface area contributed by atoms with E-state index < -0.39 is 0 Å². The van der Waals surface area contributed by atoms with Crippen molar-refractivity contribution in [3.05, 3.63) is 37.5 Å². The molecule has 2 heterocycles. The quantitative estimate of drug-likeness (QED) is 0.872. The number of aryl methyl sites for hydroxylation is 3. The molecule has 0 bridgehead atoms. The summed E-state index contributed by atoms with van der Waals surface area (Å²) in [6.07, 6.45) is 0. The molecule has 0 radical (unpaired) electrons. The first-order valence-electron chi connectivity index (χ1n) is 4.84. The summed E-state index contributed by atoms with van der Waals surface area (Å²) in [5, 5.41) is 1.09. The fourth-order valence-electron chi connectivity index (χ4n) is 1.59. The maximum atomic E-state index is 6.22. The second-order valence-electron chi connectivity index (χ2n) is 3.61. The molecule has 2 rings (SSSR count). The van der Waals surface area contributed by atoms with E-state index in [1.165, 1.54) is 14.6 Å². The third-order valence-corrected chi connectivity index (χ3v) is 4.53. The van der Waals surface area contributed by atoms with E-state index in [0.29, 0.717) is 0 Å². The highest BCUT2D eigenvalue weighted by Gasteiger charge is 2.16. The molecular weight excluding hydrogens is 224 g/mol. The smallest absolute Gasteiger partial charge is 0.0900 e. The Morgan fingerprint density at radius 2 is 1.93 bits per heavy atom. The van der Waals surface area contributed by atoms with Crippen molar-refractivity contribution in [2.24, 2.45) is 5.73 Å². The maximum absolute atomic E-state index is 6.22. The second kappa shape index (κ2) is 4.04. The standard InChI is InChI=1S/C11H14N2S2/c1-6-4-5-9(14-6)10(12)11-7(2)13-8(3)15-11/h4-5,10H,12H2,1-3H3. The van der Waals surface area contributed by atoms with Gasteiger partial charge in [-0.05, 0) is 32.9 Å². The first kappa shape index (κ1) is 10.8. The van der Waals surface area contributed by atoms with Gasteiger partial charge in [-0.1, -0.05) is 0 Å². The predicted octanol–water partition coefficient (Wildman–Crippen LogP) is 3.18. The lowest BCUT2D eigenvalue weighted by molar-refractivity contribution is 0.898. The summed E-state index contributed by atoms with van der Waals surface area (Å²) < 4.78 is 0. The minimum atomic E-state index is -0.00472. The summed E-state index contributed by atoms with van der Waals surface area (Å²) in [5.41, 5.74) is 7.29. The van der Waals surface area contributed by atoms with Crippen LogP contribution in [0.4, 0.5) is 0 Å². The van der Waals surface area contributed by atoms with Crippen LogP contribution < -0.4 is 5.73 Å². The molecule has 0 aliphatic heterocycles. The van der Waals surface area contributed by atoms with Crippen LogP contribution in [0.2, 0.25) is 0 Å². The van der Waals surface area contributed by atoms with Crippen LogP contribution in [0.25, 0.3) is 0 Å². The van der Waals surface area contributed by atoms with E-state index in [4.69, 9.17) is 5.73 Å². The summed E-state index contributed by atoms with van der Waals surface area (Å²) in [4.78, 5) is 8.12. The average molecular weight is 238 g/mol. The van der Waals surface area contributed by atoms with E-state index in [1.807, 2.05) is 13.8 Å². The fraction of sp³-hybridized carbons (Fsp3) is 0.364. The van der Waals surface area contributed by atoms with E-state index in [1.54, 1.807) is 22.7 Å². The zero-order valence-electron chi connectivity index (χ0n) is 9.07. The van der Waals surface area contributed by atoms with Gasteiger partial charge in [-0.25, -0.2) is 4.98 Å². The number of nitrogens with two attached hydrogens (primary N) is 1. The van der Waals surface area contributed by atoms with E-state index in [9.17, 15) is 0 Å². The van der Waals surface area contributed by atoms with Crippen LogP contribution >= 0.6 is 22.7 Å². The fourth-order valence-corrected chi connectivity index (χ4v) is 3.50. The molecule has 2 N–H and O–H groups in total. The second-order valence-corrected chi connectivity index (χ2v) is 6.16. The third kappa shape index (κ3) is 2.12. The number of nitrogens with zero attached hydrogens (tertiary/aromatic N) is 1. The molecule has 1 atom stereocenters. The Hall–Kier alpha value is -0.710. The Labute approximate surface area is 97.8 Å². The van der Waals surface area contributed by atoms with Crippen molar-refractivity contribution in [2.45, 2.75) is 26.8 Å². The number of hydrogen-bond acceptors (Lipinski definition) is 4. The molecule has 0 saturated heterocycles. The topological polar surface area (TPSA) is 38.9 Å². The van der Waals surface area contributed by atoms with Crippen molar-refractivity contribution >= 4 is 22.7 Å². The molecule has 2 aromatic heterocycles. The van der Waals surface area contributed by atoms with Crippen molar-refractivity contribution in [3.8, 4) is 0 Å². The van der Waals surface area contributed by atoms with Crippen molar-refractivity contribution in [1.82, 2.24) is 4.98 Å². The van der Waals surface area contributed by atoms with Gasteiger partial charge in [0.25, 0.3) is 0 Å². The predicted molar refractivity (Wildman–Crippen MR) is 66.7 cm³/mol. The lowest BCUT2D eigenvalue weighted by atomic mass is 10.2. The van der Waals surface area contributed by atoms with Crippen molar-refractivity contribution in [2.75, 3.05) is 0 Å². The van der Waals surface area contributed by atoms with Gasteiger partial charge in [0.05, 0.1) is 16.7 Å². The van der Waals surface area contributed by atoms with E-state index >= 15 is 0 Å². The molecule has 0 fully saturated rings. The van der Waals surface area contributed by atoms with Crippen LogP contribution in [0.5, 0.6) is 0 Å². The van der Waals surface area contributed by atoms with Crippen LogP contribution in [0.1, 0.15) is 31.4 Å². The highest BCUT2D eigenvalue weighted by atomic mass is 32.1. The van der Waals surface area contributed by atoms with Crippen LogP contribution in [0.3, 0.4) is 0 Å². The third-order valence-electron chi connectivity index (χ3n) is 2.29.